The van der Waals surface area contributed by atoms with Gasteiger partial charge in [-0.3, -0.25) is 4.21 Å². The Kier molecular flexibility index (Phi) is 3.84. The number of H-pyrrole nitrogens is 1. The number of fused-ring (bicyclic) bond motifs is 1. The molecule has 1 atom stereocenters. The smallest absolute Gasteiger partial charge is 0.141 e. The molecule has 3 aromatic rings. The molecule has 0 amide bonds. The topological polar surface area (TPSA) is 71.8 Å². The van der Waals surface area contributed by atoms with Gasteiger partial charge >= 0.3 is 0 Å². The Morgan fingerprint density at radius 1 is 1.38 bits per heavy atom. The maximum absolute atomic E-state index is 11.5. The molecular formula is C18H19N3O2S. The molecule has 4 rings (SSSR count). The van der Waals surface area contributed by atoms with E-state index >= 15 is 0 Å². The first-order chi connectivity index (χ1) is 11.6. The maximum atomic E-state index is 11.5. The molecule has 24 heavy (non-hydrogen) atoms. The highest BCUT2D eigenvalue weighted by Gasteiger charge is 2.16. The lowest BCUT2D eigenvalue weighted by Gasteiger charge is -2.12. The number of hydrogen-bond donors (Lipinski definition) is 1. The number of aromatic nitrogens is 3. The molecule has 0 fully saturated rings. The molecule has 124 valence electrons. The molecule has 6 heteroatoms. The monoisotopic (exact) mass is 341 g/mol. The highest BCUT2D eigenvalue weighted by atomic mass is 32.2. The lowest BCUT2D eigenvalue weighted by Crippen LogP contribution is -2.09. The van der Waals surface area contributed by atoms with Crippen LogP contribution < -0.4 is 0 Å². The van der Waals surface area contributed by atoms with Crippen molar-refractivity contribution in [3.8, 4) is 11.1 Å². The van der Waals surface area contributed by atoms with Crippen LogP contribution in [0.5, 0.6) is 0 Å². The second-order valence-corrected chi connectivity index (χ2v) is 7.85. The molecule has 3 aromatic heterocycles. The molecule has 0 bridgehead atoms. The minimum absolute atomic E-state index is 0.680. The predicted molar refractivity (Wildman–Crippen MR) is 95.3 cm³/mol. The number of nitrogens with one attached hydrogen (secondary N) is 1. The Morgan fingerprint density at radius 2 is 2.25 bits per heavy atom. The Hall–Kier alpha value is -2.21. The number of allylic oxidation sites excluding steroid dienone is 1. The lowest BCUT2D eigenvalue weighted by atomic mass is 10.0. The summed E-state index contributed by atoms with van der Waals surface area (Å²) in [6.45, 7) is 3.87. The van der Waals surface area contributed by atoms with E-state index in [1.54, 1.807) is 0 Å². The second kappa shape index (κ2) is 6.02. The van der Waals surface area contributed by atoms with Crippen LogP contribution in [0.25, 0.3) is 22.2 Å². The van der Waals surface area contributed by atoms with Gasteiger partial charge < -0.3 is 9.51 Å². The summed E-state index contributed by atoms with van der Waals surface area (Å²) in [5, 5.41) is 5.16. The number of rotatable bonds is 3. The van der Waals surface area contributed by atoms with E-state index in [1.807, 2.05) is 26.2 Å². The van der Waals surface area contributed by atoms with Crippen LogP contribution in [-0.4, -0.2) is 30.8 Å². The number of aryl methyl sites for hydroxylation is 2. The summed E-state index contributed by atoms with van der Waals surface area (Å²) >= 11 is 0. The number of aromatic amines is 1. The van der Waals surface area contributed by atoms with Crippen molar-refractivity contribution in [1.29, 1.82) is 0 Å². The highest BCUT2D eigenvalue weighted by molar-refractivity contribution is 7.85. The minimum Gasteiger partial charge on any atom is -0.361 e. The predicted octanol–water partition coefficient (Wildman–Crippen LogP) is 3.46. The zero-order valence-electron chi connectivity index (χ0n) is 13.8. The van der Waals surface area contributed by atoms with Crippen LogP contribution in [0.3, 0.4) is 0 Å². The summed E-state index contributed by atoms with van der Waals surface area (Å²) in [6.07, 6.45) is 7.81. The van der Waals surface area contributed by atoms with Gasteiger partial charge in [0.25, 0.3) is 0 Å². The third-order valence-corrected chi connectivity index (χ3v) is 5.76. The summed E-state index contributed by atoms with van der Waals surface area (Å²) in [4.78, 5) is 7.80. The zero-order valence-corrected chi connectivity index (χ0v) is 14.6. The van der Waals surface area contributed by atoms with Gasteiger partial charge in [0.05, 0.1) is 5.69 Å². The van der Waals surface area contributed by atoms with Crippen molar-refractivity contribution in [1.82, 2.24) is 15.1 Å². The van der Waals surface area contributed by atoms with Crippen LogP contribution in [0.15, 0.2) is 34.6 Å². The van der Waals surface area contributed by atoms with Crippen LogP contribution in [0.2, 0.25) is 0 Å². The average Bonchev–Trinajstić information content (AvgIpc) is 3.13. The van der Waals surface area contributed by atoms with Crippen molar-refractivity contribution in [2.45, 2.75) is 26.7 Å². The van der Waals surface area contributed by atoms with E-state index in [2.05, 4.69) is 27.3 Å². The quantitative estimate of drug-likeness (QED) is 0.741. The molecular weight excluding hydrogens is 322 g/mol. The molecule has 1 aliphatic rings. The van der Waals surface area contributed by atoms with Gasteiger partial charge in [0.15, 0.2) is 0 Å². The fourth-order valence-electron chi connectivity index (χ4n) is 3.28. The first-order valence-electron chi connectivity index (χ1n) is 8.04. The van der Waals surface area contributed by atoms with Crippen LogP contribution in [0, 0.1) is 13.8 Å². The average molecular weight is 341 g/mol. The third kappa shape index (κ3) is 2.71. The van der Waals surface area contributed by atoms with Gasteiger partial charge in [-0.25, -0.2) is 4.98 Å². The van der Waals surface area contributed by atoms with E-state index in [0.29, 0.717) is 5.75 Å². The SMILES string of the molecule is Cc1noc(C)c1-c1cnc2[nH]cc(CC3=CCS(=O)CC3)c2c1. The molecule has 4 heterocycles. The summed E-state index contributed by atoms with van der Waals surface area (Å²) < 4.78 is 16.8. The standard InChI is InChI=1S/C18H19N3O2S/c1-11-17(12(2)23-21-11)15-8-16-14(9-19-18(16)20-10-15)7-13-3-5-24(22)6-4-13/h3,8-10H,4-7H2,1-2H3,(H,19,20). The molecule has 1 aliphatic heterocycles. The fourth-order valence-corrected chi connectivity index (χ4v) is 4.36. The van der Waals surface area contributed by atoms with Gasteiger partial charge in [0.2, 0.25) is 0 Å². The molecule has 0 spiro atoms. The summed E-state index contributed by atoms with van der Waals surface area (Å²) in [7, 11) is -0.680. The van der Waals surface area contributed by atoms with Crippen molar-refractivity contribution < 1.29 is 8.73 Å². The van der Waals surface area contributed by atoms with Crippen molar-refractivity contribution in [3.05, 3.63) is 47.1 Å². The molecule has 0 radical (unpaired) electrons. The van der Waals surface area contributed by atoms with E-state index in [1.165, 1.54) is 11.1 Å². The van der Waals surface area contributed by atoms with Crippen molar-refractivity contribution in [2.75, 3.05) is 11.5 Å². The Labute approximate surface area is 142 Å². The summed E-state index contributed by atoms with van der Waals surface area (Å²) in [6, 6.07) is 2.15. The van der Waals surface area contributed by atoms with E-state index in [4.69, 9.17) is 4.52 Å². The van der Waals surface area contributed by atoms with Gasteiger partial charge in [-0.2, -0.15) is 0 Å². The van der Waals surface area contributed by atoms with Gasteiger partial charge in [0.1, 0.15) is 11.4 Å². The molecule has 0 saturated heterocycles. The lowest BCUT2D eigenvalue weighted by molar-refractivity contribution is 0.393. The molecule has 0 saturated carbocycles. The molecule has 1 N–H and O–H groups in total. The molecule has 0 aliphatic carbocycles. The van der Waals surface area contributed by atoms with Gasteiger partial charge in [-0.05, 0) is 38.3 Å². The normalized spacial score (nSPS) is 18.1. The molecule has 0 aromatic carbocycles. The second-order valence-electron chi connectivity index (χ2n) is 6.23. The van der Waals surface area contributed by atoms with Gasteiger partial charge in [0, 0.05) is 51.2 Å². The molecule has 5 nitrogen and oxygen atoms in total. The van der Waals surface area contributed by atoms with E-state index in [9.17, 15) is 4.21 Å². The summed E-state index contributed by atoms with van der Waals surface area (Å²) in [5.41, 5.74) is 6.40. The zero-order chi connectivity index (χ0) is 16.7. The van der Waals surface area contributed by atoms with Crippen LogP contribution in [0.1, 0.15) is 23.4 Å². The van der Waals surface area contributed by atoms with Crippen molar-refractivity contribution >= 4 is 21.8 Å². The van der Waals surface area contributed by atoms with Gasteiger partial charge in [-0.1, -0.05) is 16.8 Å². The van der Waals surface area contributed by atoms with Crippen LogP contribution in [-0.2, 0) is 17.2 Å². The Bertz CT molecular complexity index is 948. The van der Waals surface area contributed by atoms with E-state index in [-0.39, 0.29) is 0 Å². The third-order valence-electron chi connectivity index (χ3n) is 4.57. The fraction of sp³-hybridized carbons (Fsp3) is 0.333. The van der Waals surface area contributed by atoms with Crippen LogP contribution in [0.4, 0.5) is 0 Å². The summed E-state index contributed by atoms with van der Waals surface area (Å²) in [5.74, 6) is 2.26. The van der Waals surface area contributed by atoms with E-state index in [0.717, 1.165) is 52.2 Å². The molecule has 1 unspecified atom stereocenters. The number of pyridine rings is 1. The highest BCUT2D eigenvalue weighted by Crippen LogP contribution is 2.30. The Morgan fingerprint density at radius 3 is 2.96 bits per heavy atom. The van der Waals surface area contributed by atoms with Gasteiger partial charge in [-0.15, -0.1) is 0 Å². The van der Waals surface area contributed by atoms with Crippen LogP contribution >= 0.6 is 0 Å². The minimum atomic E-state index is -0.680. The first kappa shape index (κ1) is 15.3. The Balaban J connectivity index is 1.73. The largest absolute Gasteiger partial charge is 0.361 e. The first-order valence-corrected chi connectivity index (χ1v) is 9.53. The number of hydrogen-bond acceptors (Lipinski definition) is 4. The number of nitrogens with zero attached hydrogens (tertiary/aromatic N) is 2. The van der Waals surface area contributed by atoms with Crippen molar-refractivity contribution in [2.24, 2.45) is 0 Å². The van der Waals surface area contributed by atoms with E-state index < -0.39 is 10.8 Å². The van der Waals surface area contributed by atoms with Crippen molar-refractivity contribution in [3.63, 3.8) is 0 Å². The maximum Gasteiger partial charge on any atom is 0.141 e.